The van der Waals surface area contributed by atoms with E-state index in [1.54, 1.807) is 6.20 Å². The van der Waals surface area contributed by atoms with E-state index in [-0.39, 0.29) is 17.0 Å². The molecule has 0 amide bonds. The van der Waals surface area contributed by atoms with Crippen LogP contribution >= 0.6 is 11.3 Å². The Labute approximate surface area is 165 Å². The first-order valence-corrected chi connectivity index (χ1v) is 9.83. The molecule has 1 aromatic carbocycles. The topological polar surface area (TPSA) is 76.9 Å². The molecule has 4 aromatic rings. The zero-order valence-corrected chi connectivity index (χ0v) is 16.3. The molecule has 6 nitrogen and oxygen atoms in total. The predicted molar refractivity (Wildman–Crippen MR) is 113 cm³/mol. The van der Waals surface area contributed by atoms with Crippen molar-refractivity contribution in [2.24, 2.45) is 0 Å². The van der Waals surface area contributed by atoms with Crippen LogP contribution in [0.3, 0.4) is 0 Å². The zero-order chi connectivity index (χ0) is 19.7. The van der Waals surface area contributed by atoms with Gasteiger partial charge < -0.3 is 5.32 Å². The summed E-state index contributed by atoms with van der Waals surface area (Å²) in [5.41, 5.74) is 3.06. The third kappa shape index (κ3) is 3.10. The summed E-state index contributed by atoms with van der Waals surface area (Å²) in [5, 5.41) is 12.4. The van der Waals surface area contributed by atoms with Gasteiger partial charge in [0.1, 0.15) is 11.4 Å². The van der Waals surface area contributed by atoms with E-state index in [1.807, 2.05) is 54.1 Å². The fraction of sp³-hybridized carbons (Fsp3) is 0.143. The van der Waals surface area contributed by atoms with Crippen molar-refractivity contribution >= 4 is 39.4 Å². The van der Waals surface area contributed by atoms with E-state index < -0.39 is 0 Å². The van der Waals surface area contributed by atoms with E-state index in [9.17, 15) is 9.59 Å². The van der Waals surface area contributed by atoms with Crippen molar-refractivity contribution in [2.75, 3.05) is 5.32 Å². The molecular formula is C21H18N4O2S. The Morgan fingerprint density at radius 3 is 2.79 bits per heavy atom. The first-order chi connectivity index (χ1) is 13.6. The Morgan fingerprint density at radius 1 is 1.21 bits per heavy atom. The van der Waals surface area contributed by atoms with Crippen LogP contribution in [0.2, 0.25) is 0 Å². The molecule has 0 aliphatic heterocycles. The molecule has 0 spiro atoms. The minimum absolute atomic E-state index is 0.213. The van der Waals surface area contributed by atoms with Gasteiger partial charge >= 0.3 is 0 Å². The Bertz CT molecular complexity index is 1220. The summed E-state index contributed by atoms with van der Waals surface area (Å²) in [6.07, 6.45) is 1.72. The number of carbonyl (C=O) groups is 1. The number of carbonyl (C=O) groups excluding carboxylic acids is 1. The van der Waals surface area contributed by atoms with Crippen LogP contribution in [-0.4, -0.2) is 20.5 Å². The minimum atomic E-state index is -0.326. The van der Waals surface area contributed by atoms with E-state index >= 15 is 0 Å². The van der Waals surface area contributed by atoms with E-state index in [0.717, 1.165) is 22.2 Å². The average Bonchev–Trinajstić information content (AvgIpc) is 3.24. The Kier molecular flexibility index (Phi) is 4.75. The van der Waals surface area contributed by atoms with Crippen LogP contribution < -0.4 is 10.9 Å². The Morgan fingerprint density at radius 2 is 2.07 bits per heavy atom. The number of thiophene rings is 1. The van der Waals surface area contributed by atoms with Gasteiger partial charge in [-0.25, -0.2) is 4.68 Å². The number of anilines is 2. The number of pyridine rings is 1. The molecule has 28 heavy (non-hydrogen) atoms. The molecule has 0 saturated heterocycles. The number of aryl methyl sites for hydroxylation is 1. The van der Waals surface area contributed by atoms with Crippen molar-refractivity contribution in [1.29, 1.82) is 0 Å². The van der Waals surface area contributed by atoms with Gasteiger partial charge in [-0.2, -0.15) is 16.4 Å². The molecule has 3 heterocycles. The maximum Gasteiger partial charge on any atom is 0.291 e. The van der Waals surface area contributed by atoms with E-state index in [2.05, 4.69) is 15.4 Å². The number of fused-ring (bicyclic) bond motifs is 1. The fourth-order valence-corrected chi connectivity index (χ4v) is 3.83. The predicted octanol–water partition coefficient (Wildman–Crippen LogP) is 4.49. The normalized spacial score (nSPS) is 10.9. The molecule has 0 bridgehead atoms. The smallest absolute Gasteiger partial charge is 0.291 e. The van der Waals surface area contributed by atoms with Crippen LogP contribution in [0.1, 0.15) is 24.2 Å². The second-order valence-corrected chi connectivity index (χ2v) is 7.07. The van der Waals surface area contributed by atoms with Crippen molar-refractivity contribution < 1.29 is 4.79 Å². The summed E-state index contributed by atoms with van der Waals surface area (Å²) in [6.45, 7) is 3.71. The van der Waals surface area contributed by atoms with Crippen molar-refractivity contribution in [3.8, 4) is 11.3 Å². The molecule has 0 aliphatic carbocycles. The molecule has 0 aliphatic rings. The van der Waals surface area contributed by atoms with Gasteiger partial charge in [0, 0.05) is 34.8 Å². The zero-order valence-electron chi connectivity index (χ0n) is 15.5. The average molecular weight is 390 g/mol. The highest BCUT2D eigenvalue weighted by Gasteiger charge is 2.22. The Hall–Kier alpha value is -3.32. The number of hydrogen-bond donors (Lipinski definition) is 1. The van der Waals surface area contributed by atoms with Gasteiger partial charge in [0.25, 0.3) is 5.56 Å². The lowest BCUT2D eigenvalue weighted by molar-refractivity contribution is 0.101. The quantitative estimate of drug-likeness (QED) is 0.508. The molecule has 7 heteroatoms. The second-order valence-electron chi connectivity index (χ2n) is 6.29. The van der Waals surface area contributed by atoms with Gasteiger partial charge in [-0.3, -0.25) is 14.6 Å². The number of benzene rings is 1. The third-order valence-corrected chi connectivity index (χ3v) is 5.19. The standard InChI is InChI=1S/C21H18N4O2S/c1-3-25-21(27)20(18(13(2)26)19(24-25)14-9-11-28-12-14)23-17-8-4-7-16-15(17)6-5-10-22-16/h4-12,23H,3H2,1-2H3. The molecule has 4 rings (SSSR count). The molecule has 0 atom stereocenters. The minimum Gasteiger partial charge on any atom is -0.350 e. The summed E-state index contributed by atoms with van der Waals surface area (Å²) >= 11 is 1.52. The van der Waals surface area contributed by atoms with E-state index in [0.29, 0.717) is 17.8 Å². The molecule has 0 unspecified atom stereocenters. The first-order valence-electron chi connectivity index (χ1n) is 8.89. The van der Waals surface area contributed by atoms with Gasteiger partial charge in [-0.15, -0.1) is 0 Å². The van der Waals surface area contributed by atoms with Crippen LogP contribution in [-0.2, 0) is 6.54 Å². The summed E-state index contributed by atoms with van der Waals surface area (Å²) in [5.74, 6) is -0.213. The lowest BCUT2D eigenvalue weighted by atomic mass is 10.0. The van der Waals surface area contributed by atoms with Gasteiger partial charge in [-0.1, -0.05) is 6.07 Å². The Balaban J connectivity index is 1.99. The molecule has 3 aromatic heterocycles. The van der Waals surface area contributed by atoms with Crippen molar-refractivity contribution in [3.05, 3.63) is 69.3 Å². The highest BCUT2D eigenvalue weighted by molar-refractivity contribution is 7.08. The SMILES string of the molecule is CCn1nc(-c2ccsc2)c(C(C)=O)c(Nc2cccc3ncccc23)c1=O. The van der Waals surface area contributed by atoms with Crippen LogP contribution in [0.5, 0.6) is 0 Å². The largest absolute Gasteiger partial charge is 0.350 e. The number of ketones is 1. The molecule has 0 saturated carbocycles. The number of nitrogens with zero attached hydrogens (tertiary/aromatic N) is 3. The number of rotatable bonds is 5. The summed E-state index contributed by atoms with van der Waals surface area (Å²) in [6, 6.07) is 11.3. The molecule has 0 radical (unpaired) electrons. The van der Waals surface area contributed by atoms with Gasteiger partial charge in [0.15, 0.2) is 5.78 Å². The van der Waals surface area contributed by atoms with Gasteiger partial charge in [-0.05, 0) is 49.6 Å². The molecule has 140 valence electrons. The molecular weight excluding hydrogens is 372 g/mol. The lowest BCUT2D eigenvalue weighted by Crippen LogP contribution is -2.28. The van der Waals surface area contributed by atoms with Crippen molar-refractivity contribution in [2.45, 2.75) is 20.4 Å². The molecule has 0 fully saturated rings. The monoisotopic (exact) mass is 390 g/mol. The summed E-state index contributed by atoms with van der Waals surface area (Å²) < 4.78 is 1.38. The summed E-state index contributed by atoms with van der Waals surface area (Å²) in [7, 11) is 0. The van der Waals surface area contributed by atoms with E-state index in [1.165, 1.54) is 22.9 Å². The molecule has 1 N–H and O–H groups in total. The summed E-state index contributed by atoms with van der Waals surface area (Å²) in [4.78, 5) is 30.0. The lowest BCUT2D eigenvalue weighted by Gasteiger charge is -2.16. The number of hydrogen-bond acceptors (Lipinski definition) is 6. The maximum absolute atomic E-state index is 13.1. The van der Waals surface area contributed by atoms with Crippen molar-refractivity contribution in [1.82, 2.24) is 14.8 Å². The third-order valence-electron chi connectivity index (χ3n) is 4.51. The highest BCUT2D eigenvalue weighted by Crippen LogP contribution is 2.31. The van der Waals surface area contributed by atoms with Gasteiger partial charge in [0.05, 0.1) is 11.1 Å². The van der Waals surface area contributed by atoms with Crippen molar-refractivity contribution in [3.63, 3.8) is 0 Å². The second kappa shape index (κ2) is 7.36. The van der Waals surface area contributed by atoms with Gasteiger partial charge in [0.2, 0.25) is 0 Å². The number of nitrogens with one attached hydrogen (secondary N) is 1. The number of aromatic nitrogens is 3. The van der Waals surface area contributed by atoms with Crippen LogP contribution in [0, 0.1) is 0 Å². The first kappa shape index (κ1) is 18.1. The van der Waals surface area contributed by atoms with Crippen LogP contribution in [0.4, 0.5) is 11.4 Å². The highest BCUT2D eigenvalue weighted by atomic mass is 32.1. The number of Topliss-reactive ketones (excluding diaryl/α,β-unsaturated/α-hetero) is 1. The van der Waals surface area contributed by atoms with Crippen LogP contribution in [0.25, 0.3) is 22.2 Å². The van der Waals surface area contributed by atoms with Crippen LogP contribution in [0.15, 0.2) is 58.1 Å². The van der Waals surface area contributed by atoms with E-state index in [4.69, 9.17) is 0 Å². The maximum atomic E-state index is 13.1. The fourth-order valence-electron chi connectivity index (χ4n) is 3.19.